The minimum Gasteiger partial charge on any atom is -0.341 e. The number of nitrogens with zero attached hydrogens (tertiary/aromatic N) is 3. The summed E-state index contributed by atoms with van der Waals surface area (Å²) in [5.41, 5.74) is 0.844. The Kier molecular flexibility index (Phi) is 5.10. The van der Waals surface area contributed by atoms with Crippen molar-refractivity contribution < 1.29 is 4.79 Å². The number of para-hydroxylation sites is 1. The van der Waals surface area contributed by atoms with Gasteiger partial charge in [0.05, 0.1) is 10.9 Å². The smallest absolute Gasteiger partial charge is 0.331 e. The van der Waals surface area contributed by atoms with E-state index in [9.17, 15) is 14.4 Å². The normalized spacial score (nSPS) is 13.9. The van der Waals surface area contributed by atoms with Gasteiger partial charge in [0, 0.05) is 19.6 Å². The van der Waals surface area contributed by atoms with E-state index in [0.717, 1.165) is 31.5 Å². The molecule has 2 heterocycles. The molecule has 28 heavy (non-hydrogen) atoms. The Balaban J connectivity index is 1.74. The number of benzene rings is 2. The fourth-order valence-electron chi connectivity index (χ4n) is 3.81. The third kappa shape index (κ3) is 3.50. The molecule has 0 unspecified atom stereocenters. The third-order valence-corrected chi connectivity index (χ3v) is 5.35. The molecule has 0 radical (unpaired) electrons. The highest BCUT2D eigenvalue weighted by Gasteiger charge is 2.21. The molecule has 144 valence electrons. The summed E-state index contributed by atoms with van der Waals surface area (Å²) >= 11 is 0. The van der Waals surface area contributed by atoms with Crippen molar-refractivity contribution in [2.75, 3.05) is 13.1 Å². The van der Waals surface area contributed by atoms with Crippen molar-refractivity contribution in [1.82, 2.24) is 14.0 Å². The first-order valence-corrected chi connectivity index (χ1v) is 9.69. The van der Waals surface area contributed by atoms with Crippen LogP contribution in [0.15, 0.2) is 64.2 Å². The van der Waals surface area contributed by atoms with Crippen LogP contribution in [0.25, 0.3) is 10.9 Å². The molecule has 0 N–H and O–H groups in total. The van der Waals surface area contributed by atoms with Crippen LogP contribution in [-0.4, -0.2) is 33.0 Å². The SMILES string of the molecule is O=C(Cn1c(=O)n(CCc2ccccc2)c(=O)c2ccccc21)N1CCCC1. The summed E-state index contributed by atoms with van der Waals surface area (Å²) in [5.74, 6) is -0.0713. The van der Waals surface area contributed by atoms with Crippen LogP contribution in [0, 0.1) is 0 Å². The van der Waals surface area contributed by atoms with E-state index in [0.29, 0.717) is 17.3 Å². The Hall–Kier alpha value is -3.15. The van der Waals surface area contributed by atoms with Crippen molar-refractivity contribution in [3.8, 4) is 0 Å². The summed E-state index contributed by atoms with van der Waals surface area (Å²) < 4.78 is 2.70. The highest BCUT2D eigenvalue weighted by Crippen LogP contribution is 2.11. The van der Waals surface area contributed by atoms with Gasteiger partial charge in [0.15, 0.2) is 0 Å². The number of aromatic nitrogens is 2. The van der Waals surface area contributed by atoms with Crippen LogP contribution in [0.2, 0.25) is 0 Å². The molecule has 1 aliphatic heterocycles. The number of rotatable bonds is 5. The minimum absolute atomic E-state index is 0.0367. The number of aryl methyl sites for hydroxylation is 1. The van der Waals surface area contributed by atoms with E-state index in [2.05, 4.69) is 0 Å². The first-order valence-electron chi connectivity index (χ1n) is 9.69. The monoisotopic (exact) mass is 377 g/mol. The maximum absolute atomic E-state index is 13.1. The van der Waals surface area contributed by atoms with Crippen LogP contribution in [0.5, 0.6) is 0 Å². The molecule has 1 saturated heterocycles. The van der Waals surface area contributed by atoms with E-state index in [-0.39, 0.29) is 24.6 Å². The number of fused-ring (bicyclic) bond motifs is 1. The third-order valence-electron chi connectivity index (χ3n) is 5.35. The van der Waals surface area contributed by atoms with E-state index in [1.54, 1.807) is 29.2 Å². The van der Waals surface area contributed by atoms with Crippen LogP contribution in [0.3, 0.4) is 0 Å². The summed E-state index contributed by atoms with van der Waals surface area (Å²) in [7, 11) is 0. The Morgan fingerprint density at radius 2 is 1.54 bits per heavy atom. The fraction of sp³-hybridized carbons (Fsp3) is 0.318. The second-order valence-electron chi connectivity index (χ2n) is 7.17. The van der Waals surface area contributed by atoms with Crippen molar-refractivity contribution in [2.45, 2.75) is 32.4 Å². The van der Waals surface area contributed by atoms with Gasteiger partial charge in [-0.05, 0) is 37.0 Å². The maximum atomic E-state index is 13.1. The second-order valence-corrected chi connectivity index (χ2v) is 7.17. The Morgan fingerprint density at radius 3 is 2.29 bits per heavy atom. The highest BCUT2D eigenvalue weighted by atomic mass is 16.2. The largest absolute Gasteiger partial charge is 0.341 e. The molecule has 1 fully saturated rings. The van der Waals surface area contributed by atoms with Crippen LogP contribution in [-0.2, 0) is 24.3 Å². The lowest BCUT2D eigenvalue weighted by Gasteiger charge is -2.18. The zero-order chi connectivity index (χ0) is 19.5. The number of likely N-dealkylation sites (tertiary alicyclic amines) is 1. The molecule has 1 aromatic heterocycles. The van der Waals surface area contributed by atoms with E-state index < -0.39 is 5.69 Å². The van der Waals surface area contributed by atoms with E-state index >= 15 is 0 Å². The van der Waals surface area contributed by atoms with Gasteiger partial charge < -0.3 is 4.90 Å². The molecule has 0 spiro atoms. The van der Waals surface area contributed by atoms with Crippen molar-refractivity contribution in [2.24, 2.45) is 0 Å². The van der Waals surface area contributed by atoms with E-state index in [1.807, 2.05) is 30.3 Å². The molecule has 0 bridgehead atoms. The number of carbonyl (C=O) groups is 1. The zero-order valence-corrected chi connectivity index (χ0v) is 15.7. The van der Waals surface area contributed by atoms with Gasteiger partial charge in [-0.1, -0.05) is 42.5 Å². The molecular weight excluding hydrogens is 354 g/mol. The average molecular weight is 377 g/mol. The molecule has 6 nitrogen and oxygen atoms in total. The molecule has 1 amide bonds. The fourth-order valence-corrected chi connectivity index (χ4v) is 3.81. The van der Waals surface area contributed by atoms with Crippen LogP contribution < -0.4 is 11.2 Å². The van der Waals surface area contributed by atoms with Gasteiger partial charge in [0.2, 0.25) is 5.91 Å². The lowest BCUT2D eigenvalue weighted by molar-refractivity contribution is -0.130. The van der Waals surface area contributed by atoms with Gasteiger partial charge in [-0.3, -0.25) is 18.7 Å². The minimum atomic E-state index is -0.424. The van der Waals surface area contributed by atoms with Gasteiger partial charge >= 0.3 is 5.69 Å². The van der Waals surface area contributed by atoms with Gasteiger partial charge in [-0.15, -0.1) is 0 Å². The first-order chi connectivity index (χ1) is 13.6. The lowest BCUT2D eigenvalue weighted by Crippen LogP contribution is -2.43. The predicted molar refractivity (Wildman–Crippen MR) is 108 cm³/mol. The topological polar surface area (TPSA) is 64.3 Å². The molecule has 4 rings (SSSR count). The van der Waals surface area contributed by atoms with Gasteiger partial charge in [0.25, 0.3) is 5.56 Å². The van der Waals surface area contributed by atoms with E-state index in [4.69, 9.17) is 0 Å². The summed E-state index contributed by atoms with van der Waals surface area (Å²) in [4.78, 5) is 40.5. The second kappa shape index (κ2) is 7.84. The summed E-state index contributed by atoms with van der Waals surface area (Å²) in [6, 6.07) is 16.8. The Bertz CT molecular complexity index is 1110. The van der Waals surface area contributed by atoms with E-state index in [1.165, 1.54) is 9.13 Å². The van der Waals surface area contributed by atoms with Crippen molar-refractivity contribution >= 4 is 16.8 Å². The summed E-state index contributed by atoms with van der Waals surface area (Å²) in [6.07, 6.45) is 2.57. The molecule has 6 heteroatoms. The number of hydrogen-bond donors (Lipinski definition) is 0. The molecule has 2 aromatic carbocycles. The van der Waals surface area contributed by atoms with Gasteiger partial charge in [-0.25, -0.2) is 4.79 Å². The Morgan fingerprint density at radius 1 is 0.857 bits per heavy atom. The average Bonchev–Trinajstić information content (AvgIpc) is 3.27. The molecule has 3 aromatic rings. The van der Waals surface area contributed by atoms with Crippen LogP contribution >= 0.6 is 0 Å². The molecule has 0 aliphatic carbocycles. The van der Waals surface area contributed by atoms with Crippen molar-refractivity contribution in [1.29, 1.82) is 0 Å². The molecule has 0 atom stereocenters. The predicted octanol–water partition coefficient (Wildman–Crippen LogP) is 2.03. The van der Waals surface area contributed by atoms with Crippen molar-refractivity contribution in [3.05, 3.63) is 81.0 Å². The quantitative estimate of drug-likeness (QED) is 0.683. The van der Waals surface area contributed by atoms with Gasteiger partial charge in [-0.2, -0.15) is 0 Å². The molecule has 0 saturated carbocycles. The van der Waals surface area contributed by atoms with Crippen LogP contribution in [0.1, 0.15) is 18.4 Å². The molecule has 1 aliphatic rings. The maximum Gasteiger partial charge on any atom is 0.331 e. The zero-order valence-electron chi connectivity index (χ0n) is 15.7. The highest BCUT2D eigenvalue weighted by molar-refractivity contribution is 5.81. The van der Waals surface area contributed by atoms with Crippen LogP contribution in [0.4, 0.5) is 0 Å². The summed E-state index contributed by atoms with van der Waals surface area (Å²) in [6.45, 7) is 1.72. The standard InChI is InChI=1S/C22H23N3O3/c26-20(23-13-6-7-14-23)16-25-19-11-5-4-10-18(19)21(27)24(22(25)28)15-12-17-8-2-1-3-9-17/h1-5,8-11H,6-7,12-16H2. The molecular formula is C22H23N3O3. The van der Waals surface area contributed by atoms with Gasteiger partial charge in [0.1, 0.15) is 6.54 Å². The number of hydrogen-bond acceptors (Lipinski definition) is 3. The number of carbonyl (C=O) groups excluding carboxylic acids is 1. The van der Waals surface area contributed by atoms with Crippen molar-refractivity contribution in [3.63, 3.8) is 0 Å². The lowest BCUT2D eigenvalue weighted by atomic mass is 10.1. The first kappa shape index (κ1) is 18.2. The summed E-state index contributed by atoms with van der Waals surface area (Å²) in [5, 5.41) is 0.462. The Labute approximate surface area is 162 Å². The number of amides is 1.